The van der Waals surface area contributed by atoms with Crippen molar-refractivity contribution in [2.75, 3.05) is 43.4 Å². The smallest absolute Gasteiger partial charge is 0.115 e. The van der Waals surface area contributed by atoms with Gasteiger partial charge in [0, 0.05) is 62.3 Å². The highest BCUT2D eigenvalue weighted by Crippen LogP contribution is 2.39. The number of nitrogens with one attached hydrogen (secondary N) is 2. The van der Waals surface area contributed by atoms with Crippen LogP contribution in [0, 0.1) is 0 Å². The van der Waals surface area contributed by atoms with Crippen molar-refractivity contribution in [2.45, 2.75) is 50.4 Å². The van der Waals surface area contributed by atoms with Gasteiger partial charge in [-0.25, -0.2) is 5.43 Å². The summed E-state index contributed by atoms with van der Waals surface area (Å²) in [7, 11) is 2.18. The van der Waals surface area contributed by atoms with E-state index in [0.717, 1.165) is 61.7 Å². The van der Waals surface area contributed by atoms with Gasteiger partial charge in [-0.15, -0.1) is 6.58 Å². The molecule has 1 fully saturated rings. The van der Waals surface area contributed by atoms with E-state index >= 15 is 0 Å². The van der Waals surface area contributed by atoms with Crippen LogP contribution in [0.1, 0.15) is 36.7 Å². The first-order valence-electron chi connectivity index (χ1n) is 12.8. The largest absolute Gasteiger partial charge is 0.383 e. The monoisotopic (exact) mass is 474 g/mol. The second-order valence-electron chi connectivity index (χ2n) is 10.1. The average molecular weight is 475 g/mol. The fourth-order valence-corrected chi connectivity index (χ4v) is 5.42. The van der Waals surface area contributed by atoms with Crippen molar-refractivity contribution in [2.24, 2.45) is 0 Å². The number of hydrogen-bond acceptors (Lipinski definition) is 7. The van der Waals surface area contributed by atoms with Crippen LogP contribution >= 0.6 is 0 Å². The second kappa shape index (κ2) is 10.0. The van der Waals surface area contributed by atoms with Gasteiger partial charge in [-0.2, -0.15) is 0 Å². The summed E-state index contributed by atoms with van der Waals surface area (Å²) in [6, 6.07) is 13.1. The second-order valence-corrected chi connectivity index (χ2v) is 10.1. The van der Waals surface area contributed by atoms with E-state index in [4.69, 9.17) is 4.98 Å². The number of allylic oxidation sites excluding steroid dienone is 1. The van der Waals surface area contributed by atoms with Gasteiger partial charge in [-0.1, -0.05) is 19.1 Å². The van der Waals surface area contributed by atoms with Crippen molar-refractivity contribution in [1.29, 1.82) is 0 Å². The van der Waals surface area contributed by atoms with Crippen molar-refractivity contribution in [3.8, 4) is 0 Å². The van der Waals surface area contributed by atoms with Gasteiger partial charge in [0.1, 0.15) is 11.8 Å². The lowest BCUT2D eigenvalue weighted by Crippen LogP contribution is -2.51. The molecule has 5 rings (SSSR count). The van der Waals surface area contributed by atoms with Crippen LogP contribution < -0.4 is 15.6 Å². The molecule has 2 aliphatic heterocycles. The zero-order chi connectivity index (χ0) is 24.4. The third-order valence-corrected chi connectivity index (χ3v) is 7.62. The minimum atomic E-state index is -0.921. The summed E-state index contributed by atoms with van der Waals surface area (Å²) in [5, 5.41) is 17.2. The van der Waals surface area contributed by atoms with E-state index in [0.29, 0.717) is 12.8 Å². The number of aliphatic hydroxyl groups is 1. The van der Waals surface area contributed by atoms with E-state index in [2.05, 4.69) is 87.9 Å². The van der Waals surface area contributed by atoms with Gasteiger partial charge in [0.05, 0.1) is 11.7 Å². The SMILES string of the molecule is C=CCc1ccc2c(n1)C(O)(CC)CC(N1C=CC(Nc3ccc(N4CCN(C)CC4)cc3)N1)C2. The van der Waals surface area contributed by atoms with Gasteiger partial charge >= 0.3 is 0 Å². The highest BCUT2D eigenvalue weighted by atomic mass is 16.3. The maximum absolute atomic E-state index is 11.5. The Labute approximate surface area is 209 Å². The van der Waals surface area contributed by atoms with Crippen molar-refractivity contribution in [3.63, 3.8) is 0 Å². The molecule has 2 aromatic rings. The van der Waals surface area contributed by atoms with Crippen molar-refractivity contribution in [1.82, 2.24) is 20.3 Å². The third-order valence-electron chi connectivity index (χ3n) is 7.62. The normalized spacial score (nSPS) is 26.6. The molecule has 0 bridgehead atoms. The van der Waals surface area contributed by atoms with Crippen LogP contribution in [0.2, 0.25) is 0 Å². The minimum Gasteiger partial charge on any atom is -0.383 e. The molecule has 35 heavy (non-hydrogen) atoms. The lowest BCUT2D eigenvalue weighted by atomic mass is 9.78. The predicted octanol–water partition coefficient (Wildman–Crippen LogP) is 3.25. The molecule has 7 heteroatoms. The molecule has 0 radical (unpaired) electrons. The number of fused-ring (bicyclic) bond motifs is 1. The molecule has 0 amide bonds. The number of nitrogens with zero attached hydrogens (tertiary/aromatic N) is 4. The zero-order valence-corrected chi connectivity index (χ0v) is 21.0. The van der Waals surface area contributed by atoms with E-state index in [9.17, 15) is 5.11 Å². The van der Waals surface area contributed by atoms with Gasteiger partial charge in [0.2, 0.25) is 0 Å². The van der Waals surface area contributed by atoms with Crippen LogP contribution in [0.5, 0.6) is 0 Å². The maximum Gasteiger partial charge on any atom is 0.115 e. The molecule has 3 atom stereocenters. The van der Waals surface area contributed by atoms with Crippen molar-refractivity contribution < 1.29 is 5.11 Å². The number of aromatic nitrogens is 1. The molecule has 3 aliphatic rings. The van der Waals surface area contributed by atoms with E-state index in [1.54, 1.807) is 0 Å². The van der Waals surface area contributed by atoms with Gasteiger partial charge in [-0.3, -0.25) is 4.98 Å². The van der Waals surface area contributed by atoms with Gasteiger partial charge < -0.3 is 25.2 Å². The van der Waals surface area contributed by atoms with Crippen LogP contribution in [-0.2, 0) is 18.4 Å². The first-order chi connectivity index (χ1) is 17.0. The molecule has 7 nitrogen and oxygen atoms in total. The fraction of sp³-hybridized carbons (Fsp3) is 0.464. The quantitative estimate of drug-likeness (QED) is 0.533. The number of likely N-dealkylation sites (N-methyl/N-ethyl adjacent to an activating group) is 1. The standard InChI is InChI=1S/C28H38N6O/c1-4-6-22-8-7-21-19-25(20-28(35,5-2)27(21)30-22)34-14-13-26(31-34)29-23-9-11-24(12-10-23)33-17-15-32(3)16-18-33/h4,7-14,25-26,29,31,35H,1,5-6,15-20H2,2-3H3. The number of anilines is 2. The van der Waals surface area contributed by atoms with E-state index in [1.807, 2.05) is 13.0 Å². The summed E-state index contributed by atoms with van der Waals surface area (Å²) >= 11 is 0. The van der Waals surface area contributed by atoms with Gasteiger partial charge in [0.15, 0.2) is 0 Å². The Balaban J connectivity index is 1.21. The summed E-state index contributed by atoms with van der Waals surface area (Å²) < 4.78 is 0. The Morgan fingerprint density at radius 2 is 1.94 bits per heavy atom. The fourth-order valence-electron chi connectivity index (χ4n) is 5.42. The first kappa shape index (κ1) is 23.9. The van der Waals surface area contributed by atoms with E-state index < -0.39 is 5.60 Å². The molecular weight excluding hydrogens is 436 g/mol. The number of benzene rings is 1. The molecule has 1 aliphatic carbocycles. The third kappa shape index (κ3) is 5.08. The first-order valence-corrected chi connectivity index (χ1v) is 12.8. The molecule has 1 aromatic heterocycles. The number of rotatable bonds is 7. The number of pyridine rings is 1. The number of hydrazine groups is 1. The maximum atomic E-state index is 11.5. The molecule has 1 aromatic carbocycles. The Hall–Kier alpha value is -2.87. The molecule has 0 saturated carbocycles. The Bertz CT molecular complexity index is 1060. The summed E-state index contributed by atoms with van der Waals surface area (Å²) in [5.41, 5.74) is 7.95. The van der Waals surface area contributed by atoms with E-state index in [-0.39, 0.29) is 12.2 Å². The molecule has 3 heterocycles. The Morgan fingerprint density at radius 1 is 1.17 bits per heavy atom. The highest BCUT2D eigenvalue weighted by Gasteiger charge is 2.41. The van der Waals surface area contributed by atoms with Crippen LogP contribution in [0.4, 0.5) is 11.4 Å². The lowest BCUT2D eigenvalue weighted by Gasteiger charge is -2.41. The molecule has 0 spiro atoms. The lowest BCUT2D eigenvalue weighted by molar-refractivity contribution is -0.0190. The van der Waals surface area contributed by atoms with Crippen molar-refractivity contribution >= 4 is 11.4 Å². The van der Waals surface area contributed by atoms with Crippen LogP contribution in [0.15, 0.2) is 61.3 Å². The Kier molecular flexibility index (Phi) is 6.82. The number of piperazine rings is 1. The number of hydrogen-bond donors (Lipinski definition) is 3. The summed E-state index contributed by atoms with van der Waals surface area (Å²) in [6.45, 7) is 10.2. The minimum absolute atomic E-state index is 0.00805. The van der Waals surface area contributed by atoms with Gasteiger partial charge in [-0.05, 0) is 61.9 Å². The van der Waals surface area contributed by atoms with E-state index in [1.165, 1.54) is 5.69 Å². The zero-order valence-electron chi connectivity index (χ0n) is 21.0. The summed E-state index contributed by atoms with van der Waals surface area (Å²) in [6.07, 6.45) is 8.96. The molecular formula is C28H38N6O. The molecule has 3 N–H and O–H groups in total. The molecule has 186 valence electrons. The predicted molar refractivity (Wildman–Crippen MR) is 142 cm³/mol. The van der Waals surface area contributed by atoms with Crippen LogP contribution in [-0.4, -0.2) is 65.4 Å². The van der Waals surface area contributed by atoms with Crippen LogP contribution in [0.25, 0.3) is 0 Å². The highest BCUT2D eigenvalue weighted by molar-refractivity contribution is 5.56. The molecule has 1 saturated heterocycles. The molecule has 3 unspecified atom stereocenters. The topological polar surface area (TPSA) is 66.9 Å². The summed E-state index contributed by atoms with van der Waals surface area (Å²) in [4.78, 5) is 9.63. The van der Waals surface area contributed by atoms with Crippen LogP contribution in [0.3, 0.4) is 0 Å². The summed E-state index contributed by atoms with van der Waals surface area (Å²) in [5.74, 6) is 0. The van der Waals surface area contributed by atoms with Crippen molar-refractivity contribution in [3.05, 3.63) is 78.3 Å². The Morgan fingerprint density at radius 3 is 2.66 bits per heavy atom. The van der Waals surface area contributed by atoms with Gasteiger partial charge in [0.25, 0.3) is 0 Å². The average Bonchev–Trinajstić information content (AvgIpc) is 3.34.